The van der Waals surface area contributed by atoms with E-state index in [9.17, 15) is 18.8 Å². The fourth-order valence-corrected chi connectivity index (χ4v) is 4.53. The van der Waals surface area contributed by atoms with Crippen LogP contribution < -0.4 is 10.6 Å². The summed E-state index contributed by atoms with van der Waals surface area (Å²) in [7, 11) is 0. The molecule has 2 heterocycles. The number of nitrogens with zero attached hydrogens (tertiary/aromatic N) is 3. The highest BCUT2D eigenvalue weighted by Gasteiger charge is 2.28. The number of hydrogen-bond acceptors (Lipinski definition) is 5. The third kappa shape index (κ3) is 5.71. The van der Waals surface area contributed by atoms with Crippen LogP contribution in [0.25, 0.3) is 0 Å². The molecule has 174 valence electrons. The molecule has 1 aromatic heterocycles. The van der Waals surface area contributed by atoms with Gasteiger partial charge in [0, 0.05) is 37.9 Å². The molecule has 2 fully saturated rings. The number of rotatable bonds is 6. The van der Waals surface area contributed by atoms with Crippen LogP contribution in [0.5, 0.6) is 0 Å². The first-order valence-corrected chi connectivity index (χ1v) is 11.5. The Bertz CT molecular complexity index is 1020. The van der Waals surface area contributed by atoms with Crippen LogP contribution in [-0.2, 0) is 4.79 Å². The Morgan fingerprint density at radius 1 is 0.970 bits per heavy atom. The minimum atomic E-state index is -0.711. The average Bonchev–Trinajstić information content (AvgIpc) is 3.33. The number of halogens is 1. The third-order valence-corrected chi connectivity index (χ3v) is 6.38. The number of carbonyl (C=O) groups excluding carboxylic acids is 3. The number of likely N-dealkylation sites (tertiary alicyclic amines) is 1. The molecule has 0 spiro atoms. The van der Waals surface area contributed by atoms with Gasteiger partial charge in [-0.15, -0.1) is 0 Å². The Kier molecular flexibility index (Phi) is 7.26. The van der Waals surface area contributed by atoms with Crippen molar-refractivity contribution in [3.63, 3.8) is 0 Å². The van der Waals surface area contributed by atoms with E-state index in [0.29, 0.717) is 38.3 Å². The van der Waals surface area contributed by atoms with Gasteiger partial charge in [-0.05, 0) is 43.7 Å². The topological polar surface area (TPSA) is 104 Å². The first-order valence-electron chi connectivity index (χ1n) is 11.5. The van der Waals surface area contributed by atoms with Crippen molar-refractivity contribution < 1.29 is 18.8 Å². The molecule has 3 amide bonds. The summed E-state index contributed by atoms with van der Waals surface area (Å²) in [6, 6.07) is 5.46. The number of amides is 3. The van der Waals surface area contributed by atoms with Crippen LogP contribution in [0.15, 0.2) is 36.7 Å². The van der Waals surface area contributed by atoms with Gasteiger partial charge in [0.15, 0.2) is 11.5 Å². The van der Waals surface area contributed by atoms with Crippen molar-refractivity contribution in [3.8, 4) is 0 Å². The van der Waals surface area contributed by atoms with Crippen molar-refractivity contribution in [2.45, 2.75) is 51.0 Å². The molecule has 9 heteroatoms. The maximum atomic E-state index is 13.9. The second-order valence-electron chi connectivity index (χ2n) is 8.67. The molecule has 1 aromatic carbocycles. The van der Waals surface area contributed by atoms with Crippen LogP contribution in [0.3, 0.4) is 0 Å². The van der Waals surface area contributed by atoms with Crippen LogP contribution in [0.1, 0.15) is 65.8 Å². The Labute approximate surface area is 192 Å². The van der Waals surface area contributed by atoms with Gasteiger partial charge in [0.05, 0.1) is 5.56 Å². The summed E-state index contributed by atoms with van der Waals surface area (Å²) in [6.07, 6.45) is 9.37. The number of nitrogens with one attached hydrogen (secondary N) is 2. The molecule has 2 aromatic rings. The summed E-state index contributed by atoms with van der Waals surface area (Å²) in [5.41, 5.74) is -0.189. The number of aromatic nitrogens is 2. The van der Waals surface area contributed by atoms with E-state index in [1.54, 1.807) is 6.07 Å². The normalized spacial score (nSPS) is 17.1. The van der Waals surface area contributed by atoms with E-state index < -0.39 is 17.6 Å². The smallest absolute Gasteiger partial charge is 0.273 e. The zero-order valence-electron chi connectivity index (χ0n) is 18.4. The van der Waals surface area contributed by atoms with Crippen LogP contribution >= 0.6 is 0 Å². The molecule has 1 saturated heterocycles. The molecule has 0 unspecified atom stereocenters. The molecule has 2 N–H and O–H groups in total. The van der Waals surface area contributed by atoms with Crippen LogP contribution in [0.4, 0.5) is 10.2 Å². The highest BCUT2D eigenvalue weighted by Crippen LogP contribution is 2.28. The third-order valence-electron chi connectivity index (χ3n) is 6.38. The Morgan fingerprint density at radius 3 is 2.39 bits per heavy atom. The van der Waals surface area contributed by atoms with Gasteiger partial charge in [0.2, 0.25) is 5.91 Å². The van der Waals surface area contributed by atoms with Gasteiger partial charge >= 0.3 is 0 Å². The Morgan fingerprint density at radius 2 is 1.67 bits per heavy atom. The largest absolute Gasteiger partial charge is 0.348 e. The summed E-state index contributed by atoms with van der Waals surface area (Å²) in [5.74, 6) is -1.16. The number of hydrogen-bond donors (Lipinski definition) is 2. The summed E-state index contributed by atoms with van der Waals surface area (Å²) in [5, 5.41) is 5.40. The predicted molar refractivity (Wildman–Crippen MR) is 120 cm³/mol. The first-order chi connectivity index (χ1) is 16.0. The Balaban J connectivity index is 1.32. The molecule has 33 heavy (non-hydrogen) atoms. The number of carbonyl (C=O) groups is 3. The summed E-state index contributed by atoms with van der Waals surface area (Å²) >= 11 is 0. The highest BCUT2D eigenvalue weighted by atomic mass is 19.1. The van der Waals surface area contributed by atoms with E-state index in [4.69, 9.17) is 0 Å². The average molecular weight is 454 g/mol. The molecular formula is C24H28FN5O3. The Hall–Kier alpha value is -3.36. The second kappa shape index (κ2) is 10.5. The summed E-state index contributed by atoms with van der Waals surface area (Å²) in [6.45, 7) is 1.21. The van der Waals surface area contributed by atoms with Gasteiger partial charge in [-0.25, -0.2) is 14.4 Å². The molecular weight excluding hydrogens is 425 g/mol. The van der Waals surface area contributed by atoms with Crippen molar-refractivity contribution in [2.24, 2.45) is 5.92 Å². The fraction of sp³-hybridized carbons (Fsp3) is 0.458. The predicted octanol–water partition coefficient (Wildman–Crippen LogP) is 3.17. The summed E-state index contributed by atoms with van der Waals surface area (Å²) in [4.78, 5) is 47.8. The number of benzene rings is 1. The van der Waals surface area contributed by atoms with E-state index in [1.807, 2.05) is 4.90 Å². The standard InChI is InChI=1S/C24H28FN5O3/c25-19-8-4-3-7-18(19)23(32)29-22-21(26-11-12-27-22)24(33)28-17-9-13-30(14-10-17)20(31)15-16-5-1-2-6-16/h3-4,7-8,11-12,16-17H,1-2,5-6,9-10,13-15H2,(H,28,33)(H,27,29,32). The number of piperidine rings is 1. The van der Waals surface area contributed by atoms with Crippen molar-refractivity contribution in [2.75, 3.05) is 18.4 Å². The monoisotopic (exact) mass is 453 g/mol. The van der Waals surface area contributed by atoms with E-state index >= 15 is 0 Å². The quantitative estimate of drug-likeness (QED) is 0.699. The lowest BCUT2D eigenvalue weighted by Crippen LogP contribution is -2.47. The minimum absolute atomic E-state index is 0.0348. The number of anilines is 1. The zero-order chi connectivity index (χ0) is 23.2. The molecule has 2 aliphatic rings. The van der Waals surface area contributed by atoms with Crippen molar-refractivity contribution >= 4 is 23.5 Å². The highest BCUT2D eigenvalue weighted by molar-refractivity contribution is 6.07. The lowest BCUT2D eigenvalue weighted by Gasteiger charge is -2.33. The minimum Gasteiger partial charge on any atom is -0.348 e. The molecule has 4 rings (SSSR count). The van der Waals surface area contributed by atoms with Gasteiger partial charge in [0.25, 0.3) is 11.8 Å². The van der Waals surface area contributed by atoms with Crippen molar-refractivity contribution in [3.05, 3.63) is 53.7 Å². The van der Waals surface area contributed by atoms with E-state index in [-0.39, 0.29) is 29.0 Å². The van der Waals surface area contributed by atoms with Gasteiger partial charge in [-0.1, -0.05) is 25.0 Å². The molecule has 0 radical (unpaired) electrons. The van der Waals surface area contributed by atoms with Crippen LogP contribution in [0.2, 0.25) is 0 Å². The fourth-order valence-electron chi connectivity index (χ4n) is 4.53. The van der Waals surface area contributed by atoms with Crippen molar-refractivity contribution in [1.82, 2.24) is 20.2 Å². The maximum absolute atomic E-state index is 13.9. The first kappa shape index (κ1) is 22.8. The van der Waals surface area contributed by atoms with E-state index in [0.717, 1.165) is 12.8 Å². The lowest BCUT2D eigenvalue weighted by atomic mass is 10.0. The molecule has 1 aliphatic carbocycles. The molecule has 0 atom stereocenters. The maximum Gasteiger partial charge on any atom is 0.273 e. The van der Waals surface area contributed by atoms with Gasteiger partial charge in [-0.2, -0.15) is 0 Å². The van der Waals surface area contributed by atoms with Gasteiger partial charge < -0.3 is 15.5 Å². The van der Waals surface area contributed by atoms with Crippen LogP contribution in [-0.4, -0.2) is 51.7 Å². The van der Waals surface area contributed by atoms with Crippen molar-refractivity contribution in [1.29, 1.82) is 0 Å². The second-order valence-corrected chi connectivity index (χ2v) is 8.67. The van der Waals surface area contributed by atoms with E-state index in [1.165, 1.54) is 43.4 Å². The van der Waals surface area contributed by atoms with E-state index in [2.05, 4.69) is 20.6 Å². The molecule has 1 saturated carbocycles. The SMILES string of the molecule is O=C(Nc1nccnc1C(=O)NC1CCN(C(=O)CC2CCCC2)CC1)c1ccccc1F. The summed E-state index contributed by atoms with van der Waals surface area (Å²) < 4.78 is 13.9. The lowest BCUT2D eigenvalue weighted by molar-refractivity contribution is -0.133. The zero-order valence-corrected chi connectivity index (χ0v) is 18.4. The molecule has 1 aliphatic heterocycles. The molecule has 0 bridgehead atoms. The van der Waals surface area contributed by atoms with Gasteiger partial charge in [0.1, 0.15) is 5.82 Å². The van der Waals surface area contributed by atoms with Gasteiger partial charge in [-0.3, -0.25) is 14.4 Å². The van der Waals surface area contributed by atoms with Crippen LogP contribution in [0, 0.1) is 11.7 Å². The molecule has 8 nitrogen and oxygen atoms in total.